The molecule has 1 unspecified atom stereocenters. The summed E-state index contributed by atoms with van der Waals surface area (Å²) in [5.41, 5.74) is 0. The molecule has 126 valence electrons. The van der Waals surface area contributed by atoms with Gasteiger partial charge < -0.3 is 23.7 Å². The topological polar surface area (TPSA) is 97.4 Å². The number of hydrogen-bond donors (Lipinski definition) is 0. The number of methoxy groups -OCH3 is 1. The van der Waals surface area contributed by atoms with Crippen molar-refractivity contribution in [2.24, 2.45) is 0 Å². The highest BCUT2D eigenvalue weighted by Crippen LogP contribution is 2.37. The van der Waals surface area contributed by atoms with Gasteiger partial charge in [0.2, 0.25) is 5.79 Å². The lowest BCUT2D eigenvalue weighted by Gasteiger charge is -2.32. The van der Waals surface area contributed by atoms with E-state index in [0.717, 1.165) is 20.8 Å². The highest BCUT2D eigenvalue weighted by molar-refractivity contribution is 5.68. The molecule has 4 atom stereocenters. The molecule has 1 heterocycles. The summed E-state index contributed by atoms with van der Waals surface area (Å²) in [6, 6.07) is 0. The first-order valence-corrected chi connectivity index (χ1v) is 6.52. The number of ether oxygens (including phenoxy) is 5. The maximum absolute atomic E-state index is 13.2. The quantitative estimate of drug-likeness (QED) is 0.502. The molecule has 0 aromatic carbocycles. The van der Waals surface area contributed by atoms with Gasteiger partial charge >= 0.3 is 17.9 Å². The van der Waals surface area contributed by atoms with E-state index in [4.69, 9.17) is 23.7 Å². The molecule has 0 spiro atoms. The monoisotopic (exact) mass is 322 g/mol. The second kappa shape index (κ2) is 7.50. The Morgan fingerprint density at radius 3 is 2.09 bits per heavy atom. The Morgan fingerprint density at radius 2 is 1.68 bits per heavy atom. The number of carbonyl (C=O) groups is 3. The first-order chi connectivity index (χ1) is 10.3. The number of alkyl halides is 1. The Balaban J connectivity index is 3.12. The van der Waals surface area contributed by atoms with Crippen molar-refractivity contribution >= 4 is 17.9 Å². The normalized spacial score (nSPS) is 30.7. The molecule has 1 fully saturated rings. The zero-order valence-corrected chi connectivity index (χ0v) is 12.8. The highest BCUT2D eigenvalue weighted by atomic mass is 19.1. The Hall–Kier alpha value is -1.74. The number of rotatable bonds is 6. The van der Waals surface area contributed by atoms with E-state index in [0.29, 0.717) is 0 Å². The first-order valence-electron chi connectivity index (χ1n) is 6.52. The fourth-order valence-electron chi connectivity index (χ4n) is 2.16. The van der Waals surface area contributed by atoms with Crippen LogP contribution in [0.4, 0.5) is 4.39 Å². The van der Waals surface area contributed by atoms with Crippen LogP contribution in [0.25, 0.3) is 0 Å². The van der Waals surface area contributed by atoms with E-state index < -0.39 is 55.3 Å². The maximum atomic E-state index is 13.2. The van der Waals surface area contributed by atoms with Crippen LogP contribution in [0.1, 0.15) is 20.8 Å². The Bertz CT molecular complexity index is 440. The van der Waals surface area contributed by atoms with Crippen LogP contribution in [0.2, 0.25) is 0 Å². The molecule has 22 heavy (non-hydrogen) atoms. The molecule has 0 amide bonds. The molecule has 0 bridgehead atoms. The predicted octanol–water partition coefficient (Wildman–Crippen LogP) is 0.124. The van der Waals surface area contributed by atoms with Gasteiger partial charge in [0, 0.05) is 27.9 Å². The molecule has 0 aliphatic carbocycles. The molecular formula is C13H19FO8. The zero-order chi connectivity index (χ0) is 16.9. The largest absolute Gasteiger partial charge is 0.460 e. The van der Waals surface area contributed by atoms with Crippen molar-refractivity contribution in [3.63, 3.8) is 0 Å². The minimum Gasteiger partial charge on any atom is -0.460 e. The molecule has 1 aliphatic rings. The van der Waals surface area contributed by atoms with Crippen LogP contribution < -0.4 is 0 Å². The average Bonchev–Trinajstić information content (AvgIpc) is 2.70. The first kappa shape index (κ1) is 18.3. The Kier molecular flexibility index (Phi) is 6.24. The van der Waals surface area contributed by atoms with Crippen molar-refractivity contribution in [3.8, 4) is 0 Å². The van der Waals surface area contributed by atoms with Crippen molar-refractivity contribution in [2.45, 2.75) is 44.9 Å². The van der Waals surface area contributed by atoms with E-state index in [9.17, 15) is 18.8 Å². The van der Waals surface area contributed by atoms with Gasteiger partial charge in [-0.1, -0.05) is 0 Å². The second-order valence-corrected chi connectivity index (χ2v) is 4.71. The second-order valence-electron chi connectivity index (χ2n) is 4.71. The molecule has 0 N–H and O–H groups in total. The van der Waals surface area contributed by atoms with Crippen LogP contribution in [0.3, 0.4) is 0 Å². The van der Waals surface area contributed by atoms with Crippen LogP contribution in [0, 0.1) is 0 Å². The highest BCUT2D eigenvalue weighted by Gasteiger charge is 2.60. The molecule has 9 heteroatoms. The SMILES string of the molecule is COC1(COC(C)=O)O[C@H](CF)[C@@H](OC(C)=O)[C@@H]1OC(C)=O. The van der Waals surface area contributed by atoms with Gasteiger partial charge in [-0.2, -0.15) is 0 Å². The lowest BCUT2D eigenvalue weighted by Crippen LogP contribution is -2.51. The van der Waals surface area contributed by atoms with E-state index in [2.05, 4.69) is 0 Å². The smallest absolute Gasteiger partial charge is 0.303 e. The van der Waals surface area contributed by atoms with Gasteiger partial charge in [-0.15, -0.1) is 0 Å². The number of esters is 3. The number of hydrogen-bond acceptors (Lipinski definition) is 8. The van der Waals surface area contributed by atoms with Gasteiger partial charge in [0.15, 0.2) is 12.2 Å². The number of halogens is 1. The maximum Gasteiger partial charge on any atom is 0.303 e. The molecule has 0 aromatic heterocycles. The van der Waals surface area contributed by atoms with Gasteiger partial charge in [0.25, 0.3) is 0 Å². The molecule has 0 aromatic rings. The lowest BCUT2D eigenvalue weighted by atomic mass is 10.1. The van der Waals surface area contributed by atoms with Crippen LogP contribution in [-0.4, -0.2) is 62.4 Å². The van der Waals surface area contributed by atoms with E-state index in [1.807, 2.05) is 0 Å². The van der Waals surface area contributed by atoms with Gasteiger partial charge in [-0.05, 0) is 0 Å². The molecule has 1 rings (SSSR count). The summed E-state index contributed by atoms with van der Waals surface area (Å²) in [7, 11) is 1.21. The third-order valence-corrected chi connectivity index (χ3v) is 3.02. The van der Waals surface area contributed by atoms with Crippen molar-refractivity contribution in [1.29, 1.82) is 0 Å². The number of carbonyl (C=O) groups excluding carboxylic acids is 3. The standard InChI is InChI=1S/C13H19FO8/c1-7(15)19-6-13(18-4)12(21-9(3)17)11(20-8(2)16)10(5-14)22-13/h10-12H,5-6H2,1-4H3/t10-,11-,12+,13?/m1/s1. The Labute approximate surface area is 126 Å². The summed E-state index contributed by atoms with van der Waals surface area (Å²) in [6.07, 6.45) is -3.72. The summed E-state index contributed by atoms with van der Waals surface area (Å²) in [4.78, 5) is 33.5. The molecule has 0 saturated carbocycles. The third kappa shape index (κ3) is 4.14. The summed E-state index contributed by atoms with van der Waals surface area (Å²) < 4.78 is 38.6. The average molecular weight is 322 g/mol. The molecule has 1 saturated heterocycles. The fourth-order valence-corrected chi connectivity index (χ4v) is 2.16. The molecule has 1 aliphatic heterocycles. The van der Waals surface area contributed by atoms with E-state index >= 15 is 0 Å². The van der Waals surface area contributed by atoms with Crippen LogP contribution in [0.15, 0.2) is 0 Å². The van der Waals surface area contributed by atoms with Gasteiger partial charge in [-0.25, -0.2) is 4.39 Å². The molecular weight excluding hydrogens is 303 g/mol. The minimum absolute atomic E-state index is 0.453. The lowest BCUT2D eigenvalue weighted by molar-refractivity contribution is -0.269. The third-order valence-electron chi connectivity index (χ3n) is 3.02. The van der Waals surface area contributed by atoms with Gasteiger partial charge in [0.1, 0.15) is 19.4 Å². The Morgan fingerprint density at radius 1 is 1.09 bits per heavy atom. The van der Waals surface area contributed by atoms with Crippen molar-refractivity contribution in [2.75, 3.05) is 20.4 Å². The summed E-state index contributed by atoms with van der Waals surface area (Å²) in [6.45, 7) is 1.94. The summed E-state index contributed by atoms with van der Waals surface area (Å²) in [5, 5.41) is 0. The van der Waals surface area contributed by atoms with Crippen molar-refractivity contribution in [3.05, 3.63) is 0 Å². The predicted molar refractivity (Wildman–Crippen MR) is 68.3 cm³/mol. The van der Waals surface area contributed by atoms with E-state index in [1.165, 1.54) is 7.11 Å². The summed E-state index contributed by atoms with van der Waals surface area (Å²) in [5.74, 6) is -3.80. The van der Waals surface area contributed by atoms with Crippen LogP contribution in [0.5, 0.6) is 0 Å². The van der Waals surface area contributed by atoms with Gasteiger partial charge in [-0.3, -0.25) is 14.4 Å². The minimum atomic E-state index is -1.76. The van der Waals surface area contributed by atoms with Crippen LogP contribution in [-0.2, 0) is 38.1 Å². The molecule has 0 radical (unpaired) electrons. The van der Waals surface area contributed by atoms with E-state index in [-0.39, 0.29) is 0 Å². The van der Waals surface area contributed by atoms with E-state index in [1.54, 1.807) is 0 Å². The van der Waals surface area contributed by atoms with Gasteiger partial charge in [0.05, 0.1) is 0 Å². The van der Waals surface area contributed by atoms with Crippen molar-refractivity contribution < 1.29 is 42.5 Å². The summed E-state index contributed by atoms with van der Waals surface area (Å²) >= 11 is 0. The molecule has 8 nitrogen and oxygen atoms in total. The fraction of sp³-hybridized carbons (Fsp3) is 0.769. The zero-order valence-electron chi connectivity index (χ0n) is 12.8. The van der Waals surface area contributed by atoms with Crippen LogP contribution >= 0.6 is 0 Å². The van der Waals surface area contributed by atoms with Crippen molar-refractivity contribution in [1.82, 2.24) is 0 Å².